The van der Waals surface area contributed by atoms with Gasteiger partial charge in [0.25, 0.3) is 10.2 Å². The molecule has 37 heavy (non-hydrogen) atoms. The summed E-state index contributed by atoms with van der Waals surface area (Å²) in [6, 6.07) is 8.70. The Labute approximate surface area is 220 Å². The molecule has 1 aliphatic carbocycles. The van der Waals surface area contributed by atoms with E-state index in [0.29, 0.717) is 31.0 Å². The van der Waals surface area contributed by atoms with E-state index in [-0.39, 0.29) is 6.10 Å². The fourth-order valence-electron chi connectivity index (χ4n) is 5.04. The van der Waals surface area contributed by atoms with Crippen molar-refractivity contribution in [2.45, 2.75) is 44.8 Å². The van der Waals surface area contributed by atoms with Crippen LogP contribution in [0.4, 0.5) is 11.6 Å². The summed E-state index contributed by atoms with van der Waals surface area (Å²) in [7, 11) is -0.371. The molecule has 11 heteroatoms. The monoisotopic (exact) mass is 530 g/mol. The van der Waals surface area contributed by atoms with Gasteiger partial charge in [-0.15, -0.1) is 0 Å². The Morgan fingerprint density at radius 1 is 1.05 bits per heavy atom. The van der Waals surface area contributed by atoms with E-state index in [1.165, 1.54) is 35.5 Å². The topological polar surface area (TPSA) is 100 Å². The number of nitrogens with zero attached hydrogens (tertiary/aromatic N) is 5. The van der Waals surface area contributed by atoms with E-state index in [9.17, 15) is 8.42 Å². The van der Waals surface area contributed by atoms with Gasteiger partial charge in [-0.05, 0) is 49.3 Å². The second-order valence-corrected chi connectivity index (χ2v) is 12.6. The van der Waals surface area contributed by atoms with Crippen molar-refractivity contribution in [2.24, 2.45) is 5.92 Å². The molecule has 0 radical (unpaired) electrons. The number of aromatic nitrogens is 2. The normalized spacial score (nSPS) is 23.6. The average Bonchev–Trinajstić information content (AvgIpc) is 2.88. The van der Waals surface area contributed by atoms with Gasteiger partial charge in [-0.2, -0.15) is 22.0 Å². The maximum atomic E-state index is 12.4. The Morgan fingerprint density at radius 3 is 2.38 bits per heavy atom. The first kappa shape index (κ1) is 26.1. The van der Waals surface area contributed by atoms with Gasteiger partial charge in [-0.25, -0.2) is 4.98 Å². The summed E-state index contributed by atoms with van der Waals surface area (Å²) in [6.45, 7) is 6.13. The third kappa shape index (κ3) is 6.00. The van der Waals surface area contributed by atoms with Gasteiger partial charge in [-0.1, -0.05) is 19.1 Å². The molecule has 3 heterocycles. The largest absolute Gasteiger partial charge is 0.471 e. The van der Waals surface area contributed by atoms with E-state index in [0.717, 1.165) is 61.9 Å². The predicted molar refractivity (Wildman–Crippen MR) is 144 cm³/mol. The van der Waals surface area contributed by atoms with E-state index in [4.69, 9.17) is 14.5 Å². The van der Waals surface area contributed by atoms with Crippen LogP contribution in [0.5, 0.6) is 5.88 Å². The highest BCUT2D eigenvalue weighted by atomic mass is 32.2. The lowest BCUT2D eigenvalue weighted by Gasteiger charge is -2.38. The summed E-state index contributed by atoms with van der Waals surface area (Å²) < 4.78 is 39.2. The van der Waals surface area contributed by atoms with E-state index in [1.807, 2.05) is 6.20 Å². The first-order valence-corrected chi connectivity index (χ1v) is 14.6. The zero-order chi connectivity index (χ0) is 26.0. The van der Waals surface area contributed by atoms with Crippen molar-refractivity contribution in [3.63, 3.8) is 0 Å². The molecular formula is C26H38N6O4S. The Balaban J connectivity index is 1.35. The average molecular weight is 531 g/mol. The van der Waals surface area contributed by atoms with Gasteiger partial charge in [0.2, 0.25) is 11.8 Å². The van der Waals surface area contributed by atoms with Crippen molar-refractivity contribution in [2.75, 3.05) is 63.7 Å². The molecule has 3 fully saturated rings. The summed E-state index contributed by atoms with van der Waals surface area (Å²) in [4.78, 5) is 11.7. The molecular weight excluding hydrogens is 492 g/mol. The quantitative estimate of drug-likeness (QED) is 0.556. The lowest BCUT2D eigenvalue weighted by atomic mass is 9.87. The molecule has 0 bridgehead atoms. The highest BCUT2D eigenvalue weighted by Crippen LogP contribution is 2.33. The minimum atomic E-state index is -3.45. The van der Waals surface area contributed by atoms with Crippen molar-refractivity contribution < 1.29 is 17.9 Å². The van der Waals surface area contributed by atoms with E-state index in [1.54, 1.807) is 0 Å². The van der Waals surface area contributed by atoms with Crippen molar-refractivity contribution in [3.8, 4) is 17.0 Å². The van der Waals surface area contributed by atoms with Crippen molar-refractivity contribution >= 4 is 21.8 Å². The molecule has 2 saturated heterocycles. The fourth-order valence-corrected chi connectivity index (χ4v) is 6.21. The van der Waals surface area contributed by atoms with Gasteiger partial charge in [-0.3, -0.25) is 0 Å². The van der Waals surface area contributed by atoms with Crippen LogP contribution in [0.2, 0.25) is 0 Å². The van der Waals surface area contributed by atoms with Gasteiger partial charge in [0.1, 0.15) is 6.10 Å². The predicted octanol–water partition coefficient (Wildman–Crippen LogP) is 2.84. The van der Waals surface area contributed by atoms with Crippen molar-refractivity contribution in [1.82, 2.24) is 18.6 Å². The number of benzene rings is 1. The van der Waals surface area contributed by atoms with Crippen LogP contribution in [0.3, 0.4) is 0 Å². The standard InChI is InChI=1S/C26H38N6O4S/c1-19-4-8-21(9-5-19)28-26-27-16-24(20-6-10-22(11-7-20)31-12-14-35-15-13-31)25(29-26)36-23-17-32(18-23)37(33,34)30(2)3/h6-7,10-11,16,19,21,23H,4-5,8-9,12-15,17-18H2,1-3H3,(H,27,28,29)/t19-,21-. The van der Waals surface area contributed by atoms with Crippen molar-refractivity contribution in [3.05, 3.63) is 30.5 Å². The van der Waals surface area contributed by atoms with Crippen LogP contribution in [-0.2, 0) is 14.9 Å². The SMILES string of the molecule is CN(C)S(=O)(=O)N1CC(Oc2nc(N[C@H]3CC[C@H](C)CC3)ncc2-c2ccc(N3CCOCC3)cc2)C1. The molecule has 10 nitrogen and oxygen atoms in total. The molecule has 0 spiro atoms. The Bertz CT molecular complexity index is 1160. The van der Waals surface area contributed by atoms with E-state index >= 15 is 0 Å². The maximum absolute atomic E-state index is 12.4. The molecule has 5 rings (SSSR count). The molecule has 202 valence electrons. The third-order valence-corrected chi connectivity index (χ3v) is 9.41. The van der Waals surface area contributed by atoms with Gasteiger partial charge in [0, 0.05) is 45.1 Å². The molecule has 1 aromatic carbocycles. The van der Waals surface area contributed by atoms with Gasteiger partial charge in [0.15, 0.2) is 0 Å². The molecule has 1 N–H and O–H groups in total. The smallest absolute Gasteiger partial charge is 0.281 e. The molecule has 3 aliphatic rings. The van der Waals surface area contributed by atoms with Crippen molar-refractivity contribution in [1.29, 1.82) is 0 Å². The Hall–Kier alpha value is -2.47. The Morgan fingerprint density at radius 2 is 1.73 bits per heavy atom. The molecule has 0 amide bonds. The number of hydrogen-bond acceptors (Lipinski definition) is 8. The molecule has 0 unspecified atom stereocenters. The zero-order valence-corrected chi connectivity index (χ0v) is 22.8. The van der Waals surface area contributed by atoms with Crippen LogP contribution >= 0.6 is 0 Å². The summed E-state index contributed by atoms with van der Waals surface area (Å²) in [5.74, 6) is 1.80. The molecule has 0 atom stereocenters. The molecule has 1 aromatic heterocycles. The van der Waals surface area contributed by atoms with Gasteiger partial charge < -0.3 is 19.7 Å². The van der Waals surface area contributed by atoms with Crippen LogP contribution in [0.1, 0.15) is 32.6 Å². The zero-order valence-electron chi connectivity index (χ0n) is 22.0. The number of morpholine rings is 1. The number of ether oxygens (including phenoxy) is 2. The molecule has 1 saturated carbocycles. The van der Waals surface area contributed by atoms with E-state index in [2.05, 4.69) is 46.4 Å². The van der Waals surface area contributed by atoms with Gasteiger partial charge >= 0.3 is 0 Å². The fraction of sp³-hybridized carbons (Fsp3) is 0.615. The third-order valence-electron chi connectivity index (χ3n) is 7.54. The lowest BCUT2D eigenvalue weighted by molar-refractivity contribution is 0.0693. The van der Waals surface area contributed by atoms with Crippen LogP contribution in [0, 0.1) is 5.92 Å². The maximum Gasteiger partial charge on any atom is 0.281 e. The van der Waals surface area contributed by atoms with Crippen LogP contribution in [-0.4, -0.2) is 92.6 Å². The Kier molecular flexibility index (Phi) is 7.85. The lowest BCUT2D eigenvalue weighted by Crippen LogP contribution is -2.58. The summed E-state index contributed by atoms with van der Waals surface area (Å²) >= 11 is 0. The molecule has 2 aromatic rings. The first-order valence-electron chi connectivity index (χ1n) is 13.2. The number of hydrogen-bond donors (Lipinski definition) is 1. The first-order chi connectivity index (χ1) is 17.8. The van der Waals surface area contributed by atoms with Crippen LogP contribution in [0.15, 0.2) is 30.5 Å². The second kappa shape index (κ2) is 11.1. The van der Waals surface area contributed by atoms with Crippen LogP contribution < -0.4 is 15.0 Å². The minimum absolute atomic E-state index is 0.264. The number of rotatable bonds is 8. The van der Waals surface area contributed by atoms with E-state index < -0.39 is 10.2 Å². The van der Waals surface area contributed by atoms with Crippen LogP contribution in [0.25, 0.3) is 11.1 Å². The highest BCUT2D eigenvalue weighted by Gasteiger charge is 2.39. The second-order valence-electron chi connectivity index (χ2n) is 10.5. The summed E-state index contributed by atoms with van der Waals surface area (Å²) in [6.07, 6.45) is 6.16. The summed E-state index contributed by atoms with van der Waals surface area (Å²) in [5.41, 5.74) is 2.91. The highest BCUT2D eigenvalue weighted by molar-refractivity contribution is 7.86. The molecule has 2 aliphatic heterocycles. The number of anilines is 2. The number of nitrogens with one attached hydrogen (secondary N) is 1. The minimum Gasteiger partial charge on any atom is -0.471 e. The summed E-state index contributed by atoms with van der Waals surface area (Å²) in [5, 5.41) is 3.50. The van der Waals surface area contributed by atoms with Gasteiger partial charge in [0.05, 0.1) is 31.9 Å².